The van der Waals surface area contributed by atoms with Crippen molar-refractivity contribution in [1.82, 2.24) is 10.2 Å². The van der Waals surface area contributed by atoms with Gasteiger partial charge in [0.25, 0.3) is 0 Å². The number of rotatable bonds is 9. The van der Waals surface area contributed by atoms with Gasteiger partial charge in [0.05, 0.1) is 6.61 Å². The summed E-state index contributed by atoms with van der Waals surface area (Å²) in [4.78, 5) is 2.61. The lowest BCUT2D eigenvalue weighted by atomic mass is 9.84. The van der Waals surface area contributed by atoms with Gasteiger partial charge in [-0.2, -0.15) is 0 Å². The molecule has 0 aromatic heterocycles. The molecule has 0 aromatic carbocycles. The molecule has 1 saturated carbocycles. The van der Waals surface area contributed by atoms with Crippen molar-refractivity contribution in [2.45, 2.75) is 52.6 Å². The molecule has 102 valence electrons. The Morgan fingerprint density at radius 3 is 2.53 bits per heavy atom. The average molecular weight is 242 g/mol. The molecule has 1 aliphatic carbocycles. The van der Waals surface area contributed by atoms with Gasteiger partial charge in [0.15, 0.2) is 0 Å². The number of nitrogens with zero attached hydrogens (tertiary/aromatic N) is 1. The van der Waals surface area contributed by atoms with E-state index in [0.29, 0.717) is 11.5 Å². The topological polar surface area (TPSA) is 24.5 Å². The summed E-state index contributed by atoms with van der Waals surface area (Å²) in [6.07, 6.45) is 2.74. The fourth-order valence-corrected chi connectivity index (χ4v) is 2.28. The maximum Gasteiger partial charge on any atom is 0.0589 e. The molecule has 0 aromatic rings. The highest BCUT2D eigenvalue weighted by atomic mass is 16.5. The van der Waals surface area contributed by atoms with Crippen LogP contribution in [0.5, 0.6) is 0 Å². The maximum atomic E-state index is 5.22. The SMILES string of the molecule is CCNC(C)C(C)(C)CN(CCOC)C1CC1. The molecule has 1 unspecified atom stereocenters. The van der Waals surface area contributed by atoms with E-state index in [1.807, 2.05) is 0 Å². The highest BCUT2D eigenvalue weighted by Gasteiger charge is 2.34. The van der Waals surface area contributed by atoms with Crippen LogP contribution in [0.15, 0.2) is 0 Å². The van der Waals surface area contributed by atoms with Gasteiger partial charge in [0.1, 0.15) is 0 Å². The molecule has 3 heteroatoms. The van der Waals surface area contributed by atoms with Crippen LogP contribution >= 0.6 is 0 Å². The van der Waals surface area contributed by atoms with E-state index >= 15 is 0 Å². The average Bonchev–Trinajstić information content (AvgIpc) is 3.08. The second kappa shape index (κ2) is 6.72. The minimum Gasteiger partial charge on any atom is -0.383 e. The molecule has 3 nitrogen and oxygen atoms in total. The standard InChI is InChI=1S/C14H30N2O/c1-6-15-12(2)14(3,4)11-16(9-10-17-5)13-7-8-13/h12-13,15H,6-11H2,1-5H3. The van der Waals surface area contributed by atoms with Crippen molar-refractivity contribution in [3.05, 3.63) is 0 Å². The molecule has 0 saturated heterocycles. The minimum atomic E-state index is 0.312. The molecular weight excluding hydrogens is 212 g/mol. The van der Waals surface area contributed by atoms with Crippen LogP contribution in [0, 0.1) is 5.41 Å². The molecule has 0 spiro atoms. The number of ether oxygens (including phenoxy) is 1. The van der Waals surface area contributed by atoms with E-state index in [9.17, 15) is 0 Å². The summed E-state index contributed by atoms with van der Waals surface area (Å²) < 4.78 is 5.22. The minimum absolute atomic E-state index is 0.312. The zero-order valence-electron chi connectivity index (χ0n) is 12.3. The summed E-state index contributed by atoms with van der Waals surface area (Å²) >= 11 is 0. The summed E-state index contributed by atoms with van der Waals surface area (Å²) in [7, 11) is 1.79. The van der Waals surface area contributed by atoms with E-state index in [2.05, 4.69) is 37.9 Å². The molecular formula is C14H30N2O. The Kier molecular flexibility index (Phi) is 5.90. The Morgan fingerprint density at radius 1 is 1.41 bits per heavy atom. The van der Waals surface area contributed by atoms with Crippen molar-refractivity contribution in [1.29, 1.82) is 0 Å². The highest BCUT2D eigenvalue weighted by molar-refractivity contribution is 4.90. The molecule has 0 heterocycles. The van der Waals surface area contributed by atoms with Gasteiger partial charge in [-0.25, -0.2) is 0 Å². The Labute approximate surface area is 107 Å². The van der Waals surface area contributed by atoms with E-state index in [4.69, 9.17) is 4.74 Å². The second-order valence-electron chi connectivity index (χ2n) is 5.96. The van der Waals surface area contributed by atoms with Gasteiger partial charge in [-0.05, 0) is 31.7 Å². The van der Waals surface area contributed by atoms with Gasteiger partial charge in [-0.1, -0.05) is 20.8 Å². The first kappa shape index (κ1) is 14.9. The molecule has 0 aliphatic heterocycles. The zero-order chi connectivity index (χ0) is 12.9. The molecule has 1 fully saturated rings. The van der Waals surface area contributed by atoms with E-state index in [1.165, 1.54) is 12.8 Å². The number of hydrogen-bond acceptors (Lipinski definition) is 3. The summed E-state index contributed by atoms with van der Waals surface area (Å²) in [5, 5.41) is 3.55. The fraction of sp³-hybridized carbons (Fsp3) is 1.00. The summed E-state index contributed by atoms with van der Waals surface area (Å²) in [5.41, 5.74) is 0.312. The van der Waals surface area contributed by atoms with Gasteiger partial charge < -0.3 is 10.1 Å². The van der Waals surface area contributed by atoms with E-state index < -0.39 is 0 Å². The van der Waals surface area contributed by atoms with Crippen molar-refractivity contribution in [3.63, 3.8) is 0 Å². The Balaban J connectivity index is 2.46. The lowest BCUT2D eigenvalue weighted by Gasteiger charge is -2.37. The van der Waals surface area contributed by atoms with Gasteiger partial charge >= 0.3 is 0 Å². The van der Waals surface area contributed by atoms with Crippen molar-refractivity contribution in [2.24, 2.45) is 5.41 Å². The Hall–Kier alpha value is -0.120. The molecule has 0 amide bonds. The Morgan fingerprint density at radius 2 is 2.06 bits per heavy atom. The van der Waals surface area contributed by atoms with Crippen molar-refractivity contribution >= 4 is 0 Å². The van der Waals surface area contributed by atoms with Crippen molar-refractivity contribution in [2.75, 3.05) is 33.4 Å². The van der Waals surface area contributed by atoms with Crippen LogP contribution in [0.1, 0.15) is 40.5 Å². The lowest BCUT2D eigenvalue weighted by Crippen LogP contribution is -2.48. The third kappa shape index (κ3) is 4.94. The molecule has 0 bridgehead atoms. The molecule has 17 heavy (non-hydrogen) atoms. The second-order valence-corrected chi connectivity index (χ2v) is 5.96. The lowest BCUT2D eigenvalue weighted by molar-refractivity contribution is 0.0980. The smallest absolute Gasteiger partial charge is 0.0589 e. The highest BCUT2D eigenvalue weighted by Crippen LogP contribution is 2.31. The number of hydrogen-bond donors (Lipinski definition) is 1. The maximum absolute atomic E-state index is 5.22. The predicted molar refractivity (Wildman–Crippen MR) is 73.4 cm³/mol. The molecule has 1 aliphatic rings. The van der Waals surface area contributed by atoms with Gasteiger partial charge in [-0.15, -0.1) is 0 Å². The normalized spacial score (nSPS) is 18.7. The monoisotopic (exact) mass is 242 g/mol. The molecule has 1 N–H and O–H groups in total. The van der Waals surface area contributed by atoms with Crippen molar-refractivity contribution in [3.8, 4) is 0 Å². The Bertz CT molecular complexity index is 214. The fourth-order valence-electron chi connectivity index (χ4n) is 2.28. The van der Waals surface area contributed by atoms with Crippen LogP contribution in [0.3, 0.4) is 0 Å². The summed E-state index contributed by atoms with van der Waals surface area (Å²) in [5.74, 6) is 0. The van der Waals surface area contributed by atoms with Crippen LogP contribution < -0.4 is 5.32 Å². The van der Waals surface area contributed by atoms with Crippen molar-refractivity contribution < 1.29 is 4.74 Å². The van der Waals surface area contributed by atoms with Crippen LogP contribution in [-0.2, 0) is 4.74 Å². The summed E-state index contributed by atoms with van der Waals surface area (Å²) in [6, 6.07) is 1.37. The first-order valence-corrected chi connectivity index (χ1v) is 6.97. The van der Waals surface area contributed by atoms with E-state index in [1.54, 1.807) is 7.11 Å². The van der Waals surface area contributed by atoms with Gasteiger partial charge in [0.2, 0.25) is 0 Å². The third-order valence-electron chi connectivity index (χ3n) is 3.94. The first-order chi connectivity index (χ1) is 8.01. The number of methoxy groups -OCH3 is 1. The van der Waals surface area contributed by atoms with E-state index in [0.717, 1.165) is 32.3 Å². The molecule has 0 radical (unpaired) electrons. The van der Waals surface area contributed by atoms with Crippen LogP contribution in [-0.4, -0.2) is 50.3 Å². The van der Waals surface area contributed by atoms with Crippen LogP contribution in [0.4, 0.5) is 0 Å². The molecule has 1 atom stereocenters. The first-order valence-electron chi connectivity index (χ1n) is 6.97. The third-order valence-corrected chi connectivity index (χ3v) is 3.94. The zero-order valence-corrected chi connectivity index (χ0v) is 12.3. The number of nitrogens with one attached hydrogen (secondary N) is 1. The van der Waals surface area contributed by atoms with Gasteiger partial charge in [0, 0.05) is 32.3 Å². The van der Waals surface area contributed by atoms with E-state index in [-0.39, 0.29) is 0 Å². The van der Waals surface area contributed by atoms with Gasteiger partial charge in [-0.3, -0.25) is 4.90 Å². The quantitative estimate of drug-likeness (QED) is 0.670. The molecule has 1 rings (SSSR count). The van der Waals surface area contributed by atoms with Crippen LogP contribution in [0.2, 0.25) is 0 Å². The predicted octanol–water partition coefficient (Wildman–Crippen LogP) is 2.12. The summed E-state index contributed by atoms with van der Waals surface area (Å²) in [6.45, 7) is 13.3. The van der Waals surface area contributed by atoms with Crippen LogP contribution in [0.25, 0.3) is 0 Å². The largest absolute Gasteiger partial charge is 0.383 e.